The first-order chi connectivity index (χ1) is 17.2. The first-order valence-electron chi connectivity index (χ1n) is 12.5. The van der Waals surface area contributed by atoms with Crippen molar-refractivity contribution in [1.82, 2.24) is 10.2 Å². The van der Waals surface area contributed by atoms with Gasteiger partial charge in [0.25, 0.3) is 5.91 Å². The molecule has 7 nitrogen and oxygen atoms in total. The highest BCUT2D eigenvalue weighted by Crippen LogP contribution is 2.29. The van der Waals surface area contributed by atoms with E-state index in [4.69, 9.17) is 9.47 Å². The summed E-state index contributed by atoms with van der Waals surface area (Å²) in [5.41, 5.74) is 3.45. The molecule has 0 spiro atoms. The molecule has 0 saturated carbocycles. The Morgan fingerprint density at radius 2 is 1.91 bits per heavy atom. The number of ether oxygens (including phenoxy) is 2. The fraction of sp³-hybridized carbons (Fsp3) is 0.393. The van der Waals surface area contributed by atoms with Crippen molar-refractivity contribution < 1.29 is 14.3 Å². The summed E-state index contributed by atoms with van der Waals surface area (Å²) in [6.45, 7) is 7.23. The Balaban J connectivity index is 1.31. The zero-order valence-electron chi connectivity index (χ0n) is 20.3. The summed E-state index contributed by atoms with van der Waals surface area (Å²) in [4.78, 5) is 17.8. The van der Waals surface area contributed by atoms with E-state index in [2.05, 4.69) is 57.0 Å². The molecule has 1 unspecified atom stereocenters. The molecule has 0 radical (unpaired) electrons. The Hall–Kier alpha value is -3.13. The zero-order chi connectivity index (χ0) is 24.0. The highest BCUT2D eigenvalue weighted by atomic mass is 16.5. The molecule has 0 bridgehead atoms. The summed E-state index contributed by atoms with van der Waals surface area (Å²) >= 11 is 0. The number of benzene rings is 2. The normalized spacial score (nSPS) is 21.2. The number of carbonyl (C=O) groups excluding carboxylic acids is 1. The Bertz CT molecular complexity index is 1090. The van der Waals surface area contributed by atoms with Gasteiger partial charge in [-0.25, -0.2) is 0 Å². The number of amides is 1. The quantitative estimate of drug-likeness (QED) is 0.662. The van der Waals surface area contributed by atoms with E-state index in [9.17, 15) is 4.79 Å². The number of allylic oxidation sites excluding steroid dienone is 2. The van der Waals surface area contributed by atoms with Gasteiger partial charge in [0.15, 0.2) is 0 Å². The van der Waals surface area contributed by atoms with Crippen molar-refractivity contribution in [1.29, 1.82) is 0 Å². The van der Waals surface area contributed by atoms with E-state index in [1.54, 1.807) is 0 Å². The third-order valence-electron chi connectivity index (χ3n) is 6.80. The standard InChI is InChI=1S/C28H34N4O3/c1-21-8-9-23(32-14-3-2-7-27(32)31-15-17-34-18-16-31)20-26(21)30-28(33)22-5-4-6-25(19-22)35-24-10-12-29-13-11-24/h2-9,14,19-20,24,27,29H,10-13,15-18H2,1H3,(H,30,33). The van der Waals surface area contributed by atoms with Crippen molar-refractivity contribution in [3.05, 3.63) is 78.0 Å². The number of morpholine rings is 1. The molecular formula is C28H34N4O3. The van der Waals surface area contributed by atoms with E-state index in [1.807, 2.05) is 37.3 Å². The van der Waals surface area contributed by atoms with Crippen LogP contribution in [0.1, 0.15) is 28.8 Å². The van der Waals surface area contributed by atoms with Crippen LogP contribution in [-0.2, 0) is 4.74 Å². The summed E-state index contributed by atoms with van der Waals surface area (Å²) in [5.74, 6) is 0.605. The average molecular weight is 475 g/mol. The summed E-state index contributed by atoms with van der Waals surface area (Å²) in [6, 6.07) is 13.7. The first-order valence-corrected chi connectivity index (χ1v) is 12.5. The van der Waals surface area contributed by atoms with Gasteiger partial charge in [-0.1, -0.05) is 18.2 Å². The number of hydrogen-bond donors (Lipinski definition) is 2. The Labute approximate surface area is 207 Å². The lowest BCUT2D eigenvalue weighted by Gasteiger charge is -2.40. The van der Waals surface area contributed by atoms with Crippen molar-refractivity contribution in [2.45, 2.75) is 32.0 Å². The Kier molecular flexibility index (Phi) is 7.47. The molecule has 2 saturated heterocycles. The second-order valence-corrected chi connectivity index (χ2v) is 9.24. The largest absolute Gasteiger partial charge is 0.490 e. The molecule has 35 heavy (non-hydrogen) atoms. The molecule has 2 fully saturated rings. The maximum absolute atomic E-state index is 13.2. The van der Waals surface area contributed by atoms with Gasteiger partial charge >= 0.3 is 0 Å². The van der Waals surface area contributed by atoms with Gasteiger partial charge in [0.1, 0.15) is 18.0 Å². The maximum atomic E-state index is 13.2. The molecule has 2 aromatic carbocycles. The average Bonchev–Trinajstić information content (AvgIpc) is 2.91. The SMILES string of the molecule is Cc1ccc(N2C=CC=CC2N2CCOCC2)cc1NC(=O)c1cccc(OC2CCNCC2)c1. The van der Waals surface area contributed by atoms with Crippen LogP contribution in [0, 0.1) is 6.92 Å². The number of anilines is 2. The monoisotopic (exact) mass is 474 g/mol. The van der Waals surface area contributed by atoms with Gasteiger partial charge < -0.3 is 25.0 Å². The van der Waals surface area contributed by atoms with E-state index < -0.39 is 0 Å². The van der Waals surface area contributed by atoms with Gasteiger partial charge in [0.2, 0.25) is 0 Å². The molecule has 1 atom stereocenters. The third-order valence-corrected chi connectivity index (χ3v) is 6.80. The molecule has 1 amide bonds. The van der Waals surface area contributed by atoms with Crippen LogP contribution in [0.4, 0.5) is 11.4 Å². The lowest BCUT2D eigenvalue weighted by Crippen LogP contribution is -2.50. The van der Waals surface area contributed by atoms with Crippen LogP contribution in [0.3, 0.4) is 0 Å². The molecular weight excluding hydrogens is 440 g/mol. The molecule has 0 aromatic heterocycles. The number of hydrogen-bond acceptors (Lipinski definition) is 6. The second-order valence-electron chi connectivity index (χ2n) is 9.24. The van der Waals surface area contributed by atoms with Crippen LogP contribution in [0.2, 0.25) is 0 Å². The van der Waals surface area contributed by atoms with Crippen LogP contribution >= 0.6 is 0 Å². The minimum absolute atomic E-state index is 0.124. The summed E-state index contributed by atoms with van der Waals surface area (Å²) in [6.07, 6.45) is 10.7. The predicted molar refractivity (Wildman–Crippen MR) is 139 cm³/mol. The number of piperidine rings is 1. The van der Waals surface area contributed by atoms with Crippen LogP contribution in [0.5, 0.6) is 5.75 Å². The number of aryl methyl sites for hydroxylation is 1. The lowest BCUT2D eigenvalue weighted by molar-refractivity contribution is 0.0263. The second kappa shape index (κ2) is 11.1. The van der Waals surface area contributed by atoms with Crippen molar-refractivity contribution in [3.63, 3.8) is 0 Å². The van der Waals surface area contributed by atoms with Crippen LogP contribution in [0.15, 0.2) is 66.9 Å². The highest BCUT2D eigenvalue weighted by Gasteiger charge is 2.25. The number of rotatable bonds is 6. The van der Waals surface area contributed by atoms with E-state index in [-0.39, 0.29) is 18.2 Å². The van der Waals surface area contributed by atoms with Gasteiger partial charge in [-0.15, -0.1) is 0 Å². The van der Waals surface area contributed by atoms with Crippen molar-refractivity contribution in [3.8, 4) is 5.75 Å². The molecule has 3 heterocycles. The van der Waals surface area contributed by atoms with Crippen molar-refractivity contribution in [2.75, 3.05) is 49.6 Å². The van der Waals surface area contributed by atoms with Crippen molar-refractivity contribution in [2.24, 2.45) is 0 Å². The van der Waals surface area contributed by atoms with E-state index in [0.29, 0.717) is 5.56 Å². The number of nitrogens with zero attached hydrogens (tertiary/aromatic N) is 2. The van der Waals surface area contributed by atoms with E-state index in [0.717, 1.165) is 74.9 Å². The third kappa shape index (κ3) is 5.75. The van der Waals surface area contributed by atoms with Crippen LogP contribution < -0.4 is 20.3 Å². The minimum atomic E-state index is -0.139. The minimum Gasteiger partial charge on any atom is -0.490 e. The van der Waals surface area contributed by atoms with Gasteiger partial charge in [-0.3, -0.25) is 9.69 Å². The molecule has 3 aliphatic heterocycles. The zero-order valence-corrected chi connectivity index (χ0v) is 20.3. The molecule has 5 rings (SSSR count). The van der Waals surface area contributed by atoms with E-state index >= 15 is 0 Å². The van der Waals surface area contributed by atoms with Gasteiger partial charge in [0, 0.05) is 36.2 Å². The predicted octanol–water partition coefficient (Wildman–Crippen LogP) is 3.93. The summed E-state index contributed by atoms with van der Waals surface area (Å²) < 4.78 is 11.7. The summed E-state index contributed by atoms with van der Waals surface area (Å²) in [5, 5.41) is 6.47. The molecule has 184 valence electrons. The topological polar surface area (TPSA) is 66.1 Å². The fourth-order valence-electron chi connectivity index (χ4n) is 4.78. The smallest absolute Gasteiger partial charge is 0.255 e. The molecule has 7 heteroatoms. The van der Waals surface area contributed by atoms with Crippen molar-refractivity contribution >= 4 is 17.3 Å². The fourth-order valence-corrected chi connectivity index (χ4v) is 4.78. The summed E-state index contributed by atoms with van der Waals surface area (Å²) in [7, 11) is 0. The first kappa shape index (κ1) is 23.6. The van der Waals surface area contributed by atoms with Crippen LogP contribution in [0.25, 0.3) is 0 Å². The van der Waals surface area contributed by atoms with E-state index in [1.165, 1.54) is 0 Å². The maximum Gasteiger partial charge on any atom is 0.255 e. The molecule has 0 aliphatic carbocycles. The Morgan fingerprint density at radius 1 is 1.09 bits per heavy atom. The number of nitrogens with one attached hydrogen (secondary N) is 2. The lowest BCUT2D eigenvalue weighted by atomic mass is 10.1. The van der Waals surface area contributed by atoms with Gasteiger partial charge in [-0.05, 0) is 80.9 Å². The van der Waals surface area contributed by atoms with Crippen LogP contribution in [-0.4, -0.2) is 62.5 Å². The molecule has 2 aromatic rings. The van der Waals surface area contributed by atoms with Gasteiger partial charge in [-0.2, -0.15) is 0 Å². The molecule has 2 N–H and O–H groups in total. The number of carbonyl (C=O) groups is 1. The highest BCUT2D eigenvalue weighted by molar-refractivity contribution is 6.05. The Morgan fingerprint density at radius 3 is 2.74 bits per heavy atom. The van der Waals surface area contributed by atoms with Gasteiger partial charge in [0.05, 0.1) is 13.2 Å². The molecule has 3 aliphatic rings.